The smallest absolute Gasteiger partial charge is 0.194 e. The zero-order chi connectivity index (χ0) is 16.1. The second-order valence-electron chi connectivity index (χ2n) is 5.53. The van der Waals surface area contributed by atoms with E-state index in [1.807, 2.05) is 31.3 Å². The molecule has 3 heterocycles. The number of nitrogens with one attached hydrogen (secondary N) is 1. The van der Waals surface area contributed by atoms with Gasteiger partial charge in [-0.15, -0.1) is 24.0 Å². The normalized spacial score (nSPS) is 17.7. The van der Waals surface area contributed by atoms with E-state index in [9.17, 15) is 5.11 Å². The van der Waals surface area contributed by atoms with Crippen LogP contribution in [0.3, 0.4) is 0 Å². The first-order valence-electron chi connectivity index (χ1n) is 7.92. The molecule has 1 fully saturated rings. The van der Waals surface area contributed by atoms with E-state index in [-0.39, 0.29) is 30.1 Å². The van der Waals surface area contributed by atoms with Crippen LogP contribution >= 0.6 is 24.0 Å². The summed E-state index contributed by atoms with van der Waals surface area (Å²) in [6.07, 6.45) is 5.91. The molecule has 130 valence electrons. The van der Waals surface area contributed by atoms with Gasteiger partial charge in [-0.2, -0.15) is 5.10 Å². The van der Waals surface area contributed by atoms with Gasteiger partial charge in [0.1, 0.15) is 0 Å². The van der Waals surface area contributed by atoms with Crippen molar-refractivity contribution in [2.75, 3.05) is 19.6 Å². The highest BCUT2D eigenvalue weighted by molar-refractivity contribution is 14.0. The van der Waals surface area contributed by atoms with E-state index in [0.717, 1.165) is 36.9 Å². The van der Waals surface area contributed by atoms with Crippen LogP contribution in [0.1, 0.15) is 18.9 Å². The lowest BCUT2D eigenvalue weighted by molar-refractivity contribution is 0.188. The van der Waals surface area contributed by atoms with Gasteiger partial charge in [0.15, 0.2) is 11.8 Å². The zero-order valence-corrected chi connectivity index (χ0v) is 16.0. The number of likely N-dealkylation sites (tertiary alicyclic amines) is 1. The highest BCUT2D eigenvalue weighted by Crippen LogP contribution is 2.11. The summed E-state index contributed by atoms with van der Waals surface area (Å²) in [5, 5.41) is 17.2. The SMILES string of the molecule is CCNC(=NCc1ccnc(-n2cccn2)c1)N1CC[C@@H](O)C1.I. The third kappa shape index (κ3) is 4.67. The average molecular weight is 442 g/mol. The van der Waals surface area contributed by atoms with E-state index >= 15 is 0 Å². The van der Waals surface area contributed by atoms with Crippen molar-refractivity contribution < 1.29 is 5.11 Å². The summed E-state index contributed by atoms with van der Waals surface area (Å²) in [6, 6.07) is 5.81. The van der Waals surface area contributed by atoms with Crippen molar-refractivity contribution in [3.8, 4) is 5.82 Å². The van der Waals surface area contributed by atoms with Crippen molar-refractivity contribution in [3.63, 3.8) is 0 Å². The molecule has 0 spiro atoms. The van der Waals surface area contributed by atoms with Gasteiger partial charge in [-0.3, -0.25) is 0 Å². The summed E-state index contributed by atoms with van der Waals surface area (Å²) >= 11 is 0. The molecule has 0 amide bonds. The molecule has 2 aromatic rings. The van der Waals surface area contributed by atoms with Crippen molar-refractivity contribution in [3.05, 3.63) is 42.4 Å². The van der Waals surface area contributed by atoms with E-state index in [4.69, 9.17) is 0 Å². The number of rotatable bonds is 4. The molecular formula is C16H23IN6O. The lowest BCUT2D eigenvalue weighted by Crippen LogP contribution is -2.40. The topological polar surface area (TPSA) is 78.6 Å². The molecule has 2 N–H and O–H groups in total. The number of aliphatic hydroxyl groups is 1. The van der Waals surface area contributed by atoms with Crippen LogP contribution in [0.2, 0.25) is 0 Å². The first kappa shape index (κ1) is 18.7. The maximum atomic E-state index is 9.70. The van der Waals surface area contributed by atoms with Gasteiger partial charge in [0.2, 0.25) is 0 Å². The van der Waals surface area contributed by atoms with E-state index in [2.05, 4.69) is 25.3 Å². The second kappa shape index (κ2) is 8.97. The number of aromatic nitrogens is 3. The monoisotopic (exact) mass is 442 g/mol. The van der Waals surface area contributed by atoms with Crippen LogP contribution in [0, 0.1) is 0 Å². The third-order valence-electron chi connectivity index (χ3n) is 3.76. The first-order valence-corrected chi connectivity index (χ1v) is 7.92. The largest absolute Gasteiger partial charge is 0.391 e. The molecular weight excluding hydrogens is 419 g/mol. The quantitative estimate of drug-likeness (QED) is 0.426. The number of guanidine groups is 1. The van der Waals surface area contributed by atoms with Gasteiger partial charge in [-0.25, -0.2) is 14.7 Å². The average Bonchev–Trinajstić information content (AvgIpc) is 3.23. The summed E-state index contributed by atoms with van der Waals surface area (Å²) in [5.74, 6) is 1.63. The molecule has 1 saturated heterocycles. The van der Waals surface area contributed by atoms with Crippen LogP contribution in [-0.2, 0) is 6.54 Å². The standard InChI is InChI=1S/C16H22N6O.HI/c1-2-17-16(21-9-5-14(23)12-21)19-11-13-4-7-18-15(10-13)22-8-3-6-20-22;/h3-4,6-8,10,14,23H,2,5,9,11-12H2,1H3,(H,17,19);1H/t14-;/m1./s1. The fourth-order valence-electron chi connectivity index (χ4n) is 2.61. The number of nitrogens with zero attached hydrogens (tertiary/aromatic N) is 5. The Kier molecular flexibility index (Phi) is 6.98. The Balaban J connectivity index is 0.00000208. The molecule has 7 nitrogen and oxygen atoms in total. The Morgan fingerprint density at radius 2 is 2.33 bits per heavy atom. The zero-order valence-electron chi connectivity index (χ0n) is 13.7. The molecule has 1 atom stereocenters. The van der Waals surface area contributed by atoms with E-state index < -0.39 is 0 Å². The summed E-state index contributed by atoms with van der Waals surface area (Å²) in [5.41, 5.74) is 1.07. The number of pyridine rings is 1. The van der Waals surface area contributed by atoms with Gasteiger partial charge < -0.3 is 15.3 Å². The maximum Gasteiger partial charge on any atom is 0.194 e. The van der Waals surface area contributed by atoms with Gasteiger partial charge in [-0.05, 0) is 37.1 Å². The van der Waals surface area contributed by atoms with Crippen molar-refractivity contribution >= 4 is 29.9 Å². The minimum absolute atomic E-state index is 0. The van der Waals surface area contributed by atoms with Crippen LogP contribution in [0.25, 0.3) is 5.82 Å². The Hall–Kier alpha value is -1.68. The Morgan fingerprint density at radius 1 is 1.46 bits per heavy atom. The molecule has 1 aliphatic rings. The van der Waals surface area contributed by atoms with Gasteiger partial charge >= 0.3 is 0 Å². The van der Waals surface area contributed by atoms with Gasteiger partial charge in [-0.1, -0.05) is 0 Å². The predicted molar refractivity (Wildman–Crippen MR) is 104 cm³/mol. The number of hydrogen-bond donors (Lipinski definition) is 2. The van der Waals surface area contributed by atoms with E-state index in [1.165, 1.54) is 0 Å². The number of halogens is 1. The molecule has 3 rings (SSSR count). The van der Waals surface area contributed by atoms with E-state index in [0.29, 0.717) is 13.1 Å². The molecule has 0 saturated carbocycles. The Bertz CT molecular complexity index is 660. The third-order valence-corrected chi connectivity index (χ3v) is 3.76. The van der Waals surface area contributed by atoms with Crippen LogP contribution in [0.5, 0.6) is 0 Å². The lowest BCUT2D eigenvalue weighted by Gasteiger charge is -2.20. The maximum absolute atomic E-state index is 9.70. The number of hydrogen-bond acceptors (Lipinski definition) is 4. The summed E-state index contributed by atoms with van der Waals surface area (Å²) < 4.78 is 1.73. The fourth-order valence-corrected chi connectivity index (χ4v) is 2.61. The number of aliphatic imine (C=N–C) groups is 1. The summed E-state index contributed by atoms with van der Waals surface area (Å²) in [6.45, 7) is 4.89. The minimum Gasteiger partial charge on any atom is -0.391 e. The van der Waals surface area contributed by atoms with Gasteiger partial charge in [0.05, 0.1) is 12.6 Å². The highest BCUT2D eigenvalue weighted by atomic mass is 127. The first-order chi connectivity index (χ1) is 11.3. The minimum atomic E-state index is -0.258. The summed E-state index contributed by atoms with van der Waals surface area (Å²) in [4.78, 5) is 11.1. The predicted octanol–water partition coefficient (Wildman–Crippen LogP) is 1.42. The molecule has 0 unspecified atom stereocenters. The molecule has 0 bridgehead atoms. The molecule has 0 aromatic carbocycles. The molecule has 8 heteroatoms. The number of β-amino-alcohol motifs (C(OH)–C–C–N with tert-alkyl or cyclic N) is 1. The highest BCUT2D eigenvalue weighted by Gasteiger charge is 2.22. The molecule has 1 aliphatic heterocycles. The van der Waals surface area contributed by atoms with Crippen molar-refractivity contribution in [1.82, 2.24) is 25.0 Å². The fraction of sp³-hybridized carbons (Fsp3) is 0.438. The van der Waals surface area contributed by atoms with Crippen LogP contribution in [0.4, 0.5) is 0 Å². The van der Waals surface area contributed by atoms with Gasteiger partial charge in [0, 0.05) is 38.2 Å². The molecule has 24 heavy (non-hydrogen) atoms. The Morgan fingerprint density at radius 3 is 3.00 bits per heavy atom. The number of aliphatic hydroxyl groups excluding tert-OH is 1. The van der Waals surface area contributed by atoms with Crippen molar-refractivity contribution in [2.24, 2.45) is 4.99 Å². The summed E-state index contributed by atoms with van der Waals surface area (Å²) in [7, 11) is 0. The van der Waals surface area contributed by atoms with Crippen LogP contribution in [-0.4, -0.2) is 56.5 Å². The Labute approximate surface area is 158 Å². The van der Waals surface area contributed by atoms with Crippen LogP contribution in [0.15, 0.2) is 41.8 Å². The van der Waals surface area contributed by atoms with Crippen LogP contribution < -0.4 is 5.32 Å². The molecule has 0 radical (unpaired) electrons. The van der Waals surface area contributed by atoms with Crippen molar-refractivity contribution in [2.45, 2.75) is 26.0 Å². The van der Waals surface area contributed by atoms with E-state index in [1.54, 1.807) is 17.1 Å². The molecule has 2 aromatic heterocycles. The lowest BCUT2D eigenvalue weighted by atomic mass is 10.2. The second-order valence-corrected chi connectivity index (χ2v) is 5.53. The molecule has 0 aliphatic carbocycles. The van der Waals surface area contributed by atoms with Gasteiger partial charge in [0.25, 0.3) is 0 Å². The van der Waals surface area contributed by atoms with Crippen molar-refractivity contribution in [1.29, 1.82) is 0 Å².